The number of H-pyrrole nitrogens is 1. The van der Waals surface area contributed by atoms with Crippen LogP contribution >= 0.6 is 11.6 Å². The predicted octanol–water partition coefficient (Wildman–Crippen LogP) is 3.01. The standard InChI is InChI=1S/C21H17ClN4O4/c1-30-16-5-3-2-4-12(16)10-23-20(28)17-18(27)15-11-24-26(19(15)25-21(17)29)14-8-6-13(22)7-9-14/h2-9,11H,10H2,1H3,(H,23,28)(H2,25,27,29). The van der Waals surface area contributed by atoms with E-state index in [2.05, 4.69) is 15.4 Å². The predicted molar refractivity (Wildman–Crippen MR) is 113 cm³/mol. The summed E-state index contributed by atoms with van der Waals surface area (Å²) in [5, 5.41) is 18.3. The first-order valence-corrected chi connectivity index (χ1v) is 9.36. The number of ether oxygens (including phenoxy) is 1. The van der Waals surface area contributed by atoms with Crippen molar-refractivity contribution in [3.63, 3.8) is 0 Å². The molecule has 0 saturated heterocycles. The van der Waals surface area contributed by atoms with Crippen molar-refractivity contribution < 1.29 is 14.6 Å². The van der Waals surface area contributed by atoms with E-state index in [4.69, 9.17) is 16.3 Å². The lowest BCUT2D eigenvalue weighted by atomic mass is 10.1. The molecule has 0 unspecified atom stereocenters. The molecule has 2 aromatic carbocycles. The Kier molecular flexibility index (Phi) is 5.16. The summed E-state index contributed by atoms with van der Waals surface area (Å²) in [6, 6.07) is 14.0. The van der Waals surface area contributed by atoms with E-state index in [1.807, 2.05) is 12.1 Å². The summed E-state index contributed by atoms with van der Waals surface area (Å²) in [5.41, 5.74) is 0.529. The number of carbonyl (C=O) groups is 1. The van der Waals surface area contributed by atoms with Crippen molar-refractivity contribution in [3.05, 3.63) is 81.2 Å². The number of methoxy groups -OCH3 is 1. The number of halogens is 1. The zero-order valence-electron chi connectivity index (χ0n) is 15.8. The van der Waals surface area contributed by atoms with E-state index >= 15 is 0 Å². The zero-order chi connectivity index (χ0) is 21.3. The number of nitrogens with one attached hydrogen (secondary N) is 2. The van der Waals surface area contributed by atoms with Gasteiger partial charge in [0.1, 0.15) is 22.7 Å². The van der Waals surface area contributed by atoms with Gasteiger partial charge in [-0.25, -0.2) is 4.68 Å². The Hall–Kier alpha value is -3.78. The van der Waals surface area contributed by atoms with E-state index in [1.165, 1.54) is 18.0 Å². The number of benzene rings is 2. The van der Waals surface area contributed by atoms with Crippen LogP contribution in [-0.2, 0) is 6.54 Å². The van der Waals surface area contributed by atoms with Crippen LogP contribution < -0.4 is 15.6 Å². The molecule has 0 aliphatic heterocycles. The van der Waals surface area contributed by atoms with Crippen molar-refractivity contribution in [1.82, 2.24) is 20.1 Å². The summed E-state index contributed by atoms with van der Waals surface area (Å²) in [4.78, 5) is 27.9. The van der Waals surface area contributed by atoms with Gasteiger partial charge in [-0.3, -0.25) is 9.59 Å². The van der Waals surface area contributed by atoms with E-state index in [9.17, 15) is 14.7 Å². The summed E-state index contributed by atoms with van der Waals surface area (Å²) < 4.78 is 6.70. The summed E-state index contributed by atoms with van der Waals surface area (Å²) in [5.74, 6) is -0.539. The maximum atomic E-state index is 12.6. The molecule has 0 atom stereocenters. The Morgan fingerprint density at radius 2 is 1.97 bits per heavy atom. The van der Waals surface area contributed by atoms with Crippen molar-refractivity contribution in [2.75, 3.05) is 7.11 Å². The van der Waals surface area contributed by atoms with E-state index in [0.717, 1.165) is 5.56 Å². The van der Waals surface area contributed by atoms with Crippen molar-refractivity contribution >= 4 is 28.5 Å². The minimum atomic E-state index is -0.728. The van der Waals surface area contributed by atoms with Gasteiger partial charge in [-0.1, -0.05) is 29.8 Å². The van der Waals surface area contributed by atoms with Gasteiger partial charge in [0.15, 0.2) is 0 Å². The third kappa shape index (κ3) is 3.48. The summed E-state index contributed by atoms with van der Waals surface area (Å²) in [7, 11) is 1.53. The van der Waals surface area contributed by atoms with Crippen LogP contribution in [0.1, 0.15) is 15.9 Å². The van der Waals surface area contributed by atoms with Crippen LogP contribution in [0.5, 0.6) is 11.5 Å². The first-order valence-electron chi connectivity index (χ1n) is 8.98. The highest BCUT2D eigenvalue weighted by Crippen LogP contribution is 2.27. The van der Waals surface area contributed by atoms with E-state index in [1.54, 1.807) is 36.4 Å². The van der Waals surface area contributed by atoms with E-state index in [-0.39, 0.29) is 23.1 Å². The number of amides is 1. The molecule has 4 aromatic rings. The van der Waals surface area contributed by atoms with Crippen LogP contribution in [0.2, 0.25) is 5.02 Å². The molecule has 0 aliphatic rings. The summed E-state index contributed by atoms with van der Waals surface area (Å²) >= 11 is 5.91. The fourth-order valence-corrected chi connectivity index (χ4v) is 3.28. The van der Waals surface area contributed by atoms with Gasteiger partial charge < -0.3 is 20.1 Å². The number of hydrogen-bond acceptors (Lipinski definition) is 5. The van der Waals surface area contributed by atoms with Gasteiger partial charge in [-0.05, 0) is 30.3 Å². The Morgan fingerprint density at radius 1 is 1.23 bits per heavy atom. The molecule has 9 heteroatoms. The number of rotatable bonds is 5. The number of fused-ring (bicyclic) bond motifs is 1. The van der Waals surface area contributed by atoms with Crippen molar-refractivity contribution in [1.29, 1.82) is 0 Å². The fourth-order valence-electron chi connectivity index (χ4n) is 3.16. The van der Waals surface area contributed by atoms with Crippen molar-refractivity contribution in [3.8, 4) is 17.2 Å². The Bertz CT molecular complexity index is 1290. The van der Waals surface area contributed by atoms with E-state index < -0.39 is 17.2 Å². The molecule has 2 aromatic heterocycles. The SMILES string of the molecule is COc1ccccc1CNC(=O)c1c(O)c2cnn(-c3ccc(Cl)cc3)c2[nH]c1=O. The first-order chi connectivity index (χ1) is 14.5. The highest BCUT2D eigenvalue weighted by Gasteiger charge is 2.22. The second-order valence-electron chi connectivity index (χ2n) is 6.47. The third-order valence-electron chi connectivity index (χ3n) is 4.65. The lowest BCUT2D eigenvalue weighted by molar-refractivity contribution is 0.0946. The molecule has 0 saturated carbocycles. The maximum Gasteiger partial charge on any atom is 0.266 e. The molecule has 8 nitrogen and oxygen atoms in total. The Morgan fingerprint density at radius 3 is 2.70 bits per heavy atom. The van der Waals surface area contributed by atoms with Crippen LogP contribution in [0.15, 0.2) is 59.5 Å². The molecule has 0 fully saturated rings. The summed E-state index contributed by atoms with van der Waals surface area (Å²) in [6.45, 7) is 0.129. The van der Waals surface area contributed by atoms with Crippen molar-refractivity contribution in [2.45, 2.75) is 6.54 Å². The zero-order valence-corrected chi connectivity index (χ0v) is 16.6. The van der Waals surface area contributed by atoms with Crippen molar-refractivity contribution in [2.24, 2.45) is 0 Å². The largest absolute Gasteiger partial charge is 0.506 e. The molecular weight excluding hydrogens is 408 g/mol. The van der Waals surface area contributed by atoms with Gasteiger partial charge in [0.25, 0.3) is 11.5 Å². The number of carbonyl (C=O) groups excluding carboxylic acids is 1. The van der Waals surface area contributed by atoms with Crippen LogP contribution in [0, 0.1) is 0 Å². The average Bonchev–Trinajstić information content (AvgIpc) is 3.17. The number of para-hydroxylation sites is 1. The molecule has 4 rings (SSSR count). The van der Waals surface area contributed by atoms with Crippen LogP contribution in [0.25, 0.3) is 16.7 Å². The molecular formula is C21H17ClN4O4. The number of pyridine rings is 1. The van der Waals surface area contributed by atoms with Gasteiger partial charge in [0.2, 0.25) is 0 Å². The number of aromatic nitrogens is 3. The second kappa shape index (κ2) is 7.92. The highest BCUT2D eigenvalue weighted by molar-refractivity contribution is 6.30. The molecule has 0 bridgehead atoms. The quantitative estimate of drug-likeness (QED) is 0.456. The molecule has 0 spiro atoms. The van der Waals surface area contributed by atoms with Crippen LogP contribution in [-0.4, -0.2) is 32.9 Å². The topological polar surface area (TPSA) is 109 Å². The smallest absolute Gasteiger partial charge is 0.266 e. The number of nitrogens with zero attached hydrogens (tertiary/aromatic N) is 2. The number of aromatic hydroxyl groups is 1. The van der Waals surface area contributed by atoms with Gasteiger partial charge in [0.05, 0.1) is 24.4 Å². The molecule has 152 valence electrons. The average molecular weight is 425 g/mol. The van der Waals surface area contributed by atoms with Crippen LogP contribution in [0.3, 0.4) is 0 Å². The third-order valence-corrected chi connectivity index (χ3v) is 4.90. The fraction of sp³-hybridized carbons (Fsp3) is 0.0952. The number of aromatic amines is 1. The van der Waals surface area contributed by atoms with E-state index in [0.29, 0.717) is 16.5 Å². The Balaban J connectivity index is 1.67. The normalized spacial score (nSPS) is 10.9. The highest BCUT2D eigenvalue weighted by atomic mass is 35.5. The molecule has 1 amide bonds. The lowest BCUT2D eigenvalue weighted by Gasteiger charge is -2.10. The molecule has 2 heterocycles. The molecule has 30 heavy (non-hydrogen) atoms. The lowest BCUT2D eigenvalue weighted by Crippen LogP contribution is -2.29. The summed E-state index contributed by atoms with van der Waals surface area (Å²) in [6.07, 6.45) is 1.38. The molecule has 3 N–H and O–H groups in total. The Labute approximate surface area is 175 Å². The minimum Gasteiger partial charge on any atom is -0.506 e. The maximum absolute atomic E-state index is 12.6. The van der Waals surface area contributed by atoms with Gasteiger partial charge >= 0.3 is 0 Å². The minimum absolute atomic E-state index is 0.129. The van der Waals surface area contributed by atoms with Gasteiger partial charge in [-0.15, -0.1) is 0 Å². The monoisotopic (exact) mass is 424 g/mol. The number of hydrogen-bond donors (Lipinski definition) is 3. The van der Waals surface area contributed by atoms with Gasteiger partial charge in [-0.2, -0.15) is 5.10 Å². The van der Waals surface area contributed by atoms with Gasteiger partial charge in [0, 0.05) is 17.1 Å². The van der Waals surface area contributed by atoms with Crippen LogP contribution in [0.4, 0.5) is 0 Å². The second-order valence-corrected chi connectivity index (χ2v) is 6.90. The first kappa shape index (κ1) is 19.5. The molecule has 0 aliphatic carbocycles. The molecule has 0 radical (unpaired) electrons.